The van der Waals surface area contributed by atoms with Crippen LogP contribution in [0, 0.1) is 18.3 Å². The van der Waals surface area contributed by atoms with Crippen LogP contribution in [0.15, 0.2) is 86.5 Å². The number of para-hydroxylation sites is 2. The van der Waals surface area contributed by atoms with Gasteiger partial charge in [-0.15, -0.1) is 11.3 Å². The molecule has 1 aliphatic heterocycles. The predicted molar refractivity (Wildman–Crippen MR) is 149 cm³/mol. The highest BCUT2D eigenvalue weighted by Crippen LogP contribution is 2.47. The van der Waals surface area contributed by atoms with Gasteiger partial charge in [0.1, 0.15) is 21.7 Å². The molecule has 4 aromatic rings. The number of nitrogens with zero attached hydrogens (tertiary/aromatic N) is 5. The molecule has 3 heterocycles. The third-order valence-electron chi connectivity index (χ3n) is 6.25. The van der Waals surface area contributed by atoms with Crippen LogP contribution in [-0.4, -0.2) is 20.1 Å². The Morgan fingerprint density at radius 2 is 1.62 bits per heavy atom. The van der Waals surface area contributed by atoms with Crippen LogP contribution in [0.5, 0.6) is 0 Å². The van der Waals surface area contributed by atoms with E-state index >= 15 is 0 Å². The number of hydrogen-bond donors (Lipinski definition) is 0. The van der Waals surface area contributed by atoms with Gasteiger partial charge in [-0.3, -0.25) is 14.3 Å². The second-order valence-corrected chi connectivity index (χ2v) is 10.4. The molecule has 0 spiro atoms. The van der Waals surface area contributed by atoms with Gasteiger partial charge >= 0.3 is 0 Å². The smallest absolute Gasteiger partial charge is 0.281 e. The first-order valence-electron chi connectivity index (χ1n) is 11.5. The lowest BCUT2D eigenvalue weighted by Crippen LogP contribution is -2.20. The molecule has 0 unspecified atom stereocenters. The molecule has 0 saturated carbocycles. The minimum atomic E-state index is -0.174. The van der Waals surface area contributed by atoms with Crippen molar-refractivity contribution in [3.05, 3.63) is 103 Å². The fourth-order valence-electron chi connectivity index (χ4n) is 4.40. The van der Waals surface area contributed by atoms with Crippen LogP contribution in [-0.2, 0) is 11.8 Å². The molecule has 9 heteroatoms. The SMILES string of the molecule is CC(=O)C1=C(C)N(c2ccccc2)/C(=C(/C#N)c2nc(-c3c(C)n(C)n(-c4ccccc4)c3=O)cs2)S1. The third kappa shape index (κ3) is 4.14. The van der Waals surface area contributed by atoms with Crippen molar-refractivity contribution in [3.8, 4) is 23.0 Å². The molecule has 0 N–H and O–H groups in total. The van der Waals surface area contributed by atoms with Crippen molar-refractivity contribution in [3.63, 3.8) is 0 Å². The predicted octanol–water partition coefficient (Wildman–Crippen LogP) is 5.87. The molecular weight excluding hydrogens is 502 g/mol. The number of rotatable bonds is 5. The van der Waals surface area contributed by atoms with Gasteiger partial charge in [0.05, 0.1) is 21.8 Å². The Balaban J connectivity index is 1.63. The first kappa shape index (κ1) is 24.6. The normalized spacial score (nSPS) is 14.7. The second kappa shape index (κ2) is 9.73. The molecule has 184 valence electrons. The molecule has 7 nitrogen and oxygen atoms in total. The Labute approximate surface area is 222 Å². The summed E-state index contributed by atoms with van der Waals surface area (Å²) in [7, 11) is 1.84. The van der Waals surface area contributed by atoms with Crippen LogP contribution < -0.4 is 10.5 Å². The zero-order valence-corrected chi connectivity index (χ0v) is 22.4. The van der Waals surface area contributed by atoms with E-state index in [1.165, 1.54) is 30.0 Å². The van der Waals surface area contributed by atoms with E-state index in [1.54, 1.807) is 4.68 Å². The molecule has 0 radical (unpaired) electrons. The van der Waals surface area contributed by atoms with Crippen molar-refractivity contribution < 1.29 is 4.79 Å². The number of thiazole rings is 1. The number of aromatic nitrogens is 3. The van der Waals surface area contributed by atoms with Gasteiger partial charge in [0.15, 0.2) is 5.78 Å². The van der Waals surface area contributed by atoms with Gasteiger partial charge in [-0.05, 0) is 45.0 Å². The van der Waals surface area contributed by atoms with Gasteiger partial charge in [-0.1, -0.05) is 48.2 Å². The molecule has 0 aliphatic carbocycles. The van der Waals surface area contributed by atoms with Crippen LogP contribution >= 0.6 is 23.1 Å². The summed E-state index contributed by atoms with van der Waals surface area (Å²) in [6, 6.07) is 21.4. The van der Waals surface area contributed by atoms with Gasteiger partial charge in [0, 0.05) is 29.5 Å². The molecule has 37 heavy (non-hydrogen) atoms. The van der Waals surface area contributed by atoms with Gasteiger partial charge in [-0.25, -0.2) is 9.67 Å². The van der Waals surface area contributed by atoms with Crippen molar-refractivity contribution in [1.82, 2.24) is 14.3 Å². The van der Waals surface area contributed by atoms with Gasteiger partial charge in [0.25, 0.3) is 5.56 Å². The van der Waals surface area contributed by atoms with Crippen molar-refractivity contribution in [2.45, 2.75) is 20.8 Å². The van der Waals surface area contributed by atoms with E-state index in [0.29, 0.717) is 31.8 Å². The molecule has 0 atom stereocenters. The molecule has 0 saturated heterocycles. The van der Waals surface area contributed by atoms with Gasteiger partial charge in [-0.2, -0.15) is 5.26 Å². The summed E-state index contributed by atoms with van der Waals surface area (Å²) in [5.41, 5.74) is 4.36. The summed E-state index contributed by atoms with van der Waals surface area (Å²) in [6.07, 6.45) is 0. The summed E-state index contributed by atoms with van der Waals surface area (Å²) in [5.74, 6) is -0.0584. The zero-order valence-electron chi connectivity index (χ0n) is 20.7. The van der Waals surface area contributed by atoms with Crippen molar-refractivity contribution in [1.29, 1.82) is 5.26 Å². The minimum absolute atomic E-state index is 0.0584. The fourth-order valence-corrected chi connectivity index (χ4v) is 6.42. The van der Waals surface area contributed by atoms with Crippen molar-refractivity contribution >= 4 is 40.1 Å². The quantitative estimate of drug-likeness (QED) is 0.303. The lowest BCUT2D eigenvalue weighted by Gasteiger charge is -2.22. The molecule has 0 bridgehead atoms. The molecule has 0 fully saturated rings. The number of nitriles is 1. The largest absolute Gasteiger partial charge is 0.306 e. The van der Waals surface area contributed by atoms with Crippen molar-refractivity contribution in [2.75, 3.05) is 4.90 Å². The standard InChI is InChI=1S/C28H23N5O2S2/c1-17-24(27(35)33(31(17)4)21-13-9-6-10-14-21)23-16-36-26(30-23)22(15-29)28-32(20-11-7-5-8-12-20)18(2)25(37-28)19(3)34/h5-14,16H,1-4H3/b28-22+. The summed E-state index contributed by atoms with van der Waals surface area (Å²) >= 11 is 2.59. The van der Waals surface area contributed by atoms with E-state index in [-0.39, 0.29) is 11.3 Å². The fraction of sp³-hybridized carbons (Fsp3) is 0.143. The van der Waals surface area contributed by atoms with Crippen LogP contribution in [0.25, 0.3) is 22.5 Å². The number of carbonyl (C=O) groups excluding carboxylic acids is 1. The maximum atomic E-state index is 13.5. The highest BCUT2D eigenvalue weighted by atomic mass is 32.2. The number of ketones is 1. The highest BCUT2D eigenvalue weighted by molar-refractivity contribution is 8.08. The Morgan fingerprint density at radius 3 is 2.22 bits per heavy atom. The Bertz CT molecular complexity index is 1690. The van der Waals surface area contributed by atoms with E-state index in [9.17, 15) is 14.9 Å². The van der Waals surface area contributed by atoms with Crippen LogP contribution in [0.2, 0.25) is 0 Å². The van der Waals surface area contributed by atoms with Gasteiger partial charge < -0.3 is 4.90 Å². The topological polar surface area (TPSA) is 83.9 Å². The molecule has 0 amide bonds. The number of anilines is 1. The van der Waals surface area contributed by atoms with Gasteiger partial charge in [0.2, 0.25) is 0 Å². The third-order valence-corrected chi connectivity index (χ3v) is 8.48. The molecular formula is C28H23N5O2S2. The molecule has 5 rings (SSSR count). The lowest BCUT2D eigenvalue weighted by molar-refractivity contribution is -0.113. The number of allylic oxidation sites excluding steroid dienone is 3. The van der Waals surface area contributed by atoms with Crippen LogP contribution in [0.3, 0.4) is 0 Å². The summed E-state index contributed by atoms with van der Waals surface area (Å²) < 4.78 is 3.43. The monoisotopic (exact) mass is 525 g/mol. The lowest BCUT2D eigenvalue weighted by atomic mass is 10.2. The summed E-state index contributed by atoms with van der Waals surface area (Å²) in [5, 5.41) is 13.2. The number of Topliss-reactive ketones (excluding diaryl/α,β-unsaturated/α-hetero) is 1. The number of benzene rings is 2. The first-order valence-corrected chi connectivity index (χ1v) is 13.2. The highest BCUT2D eigenvalue weighted by Gasteiger charge is 2.33. The van der Waals surface area contributed by atoms with E-state index < -0.39 is 0 Å². The minimum Gasteiger partial charge on any atom is -0.306 e. The van der Waals surface area contributed by atoms with Crippen molar-refractivity contribution in [2.24, 2.45) is 7.05 Å². The Kier molecular flexibility index (Phi) is 6.46. The van der Waals surface area contributed by atoms with E-state index in [1.807, 2.05) is 96.5 Å². The summed E-state index contributed by atoms with van der Waals surface area (Å²) in [4.78, 5) is 33.1. The molecule has 2 aromatic carbocycles. The Morgan fingerprint density at radius 1 is 1.00 bits per heavy atom. The number of hydrogen-bond acceptors (Lipinski definition) is 7. The zero-order chi connectivity index (χ0) is 26.3. The number of carbonyl (C=O) groups is 1. The number of thioether (sulfide) groups is 1. The first-order chi connectivity index (χ1) is 17.8. The Hall–Kier alpha value is -4.13. The van der Waals surface area contributed by atoms with Crippen LogP contribution in [0.1, 0.15) is 24.5 Å². The average molecular weight is 526 g/mol. The summed E-state index contributed by atoms with van der Waals surface area (Å²) in [6.45, 7) is 5.29. The maximum absolute atomic E-state index is 13.5. The van der Waals surface area contributed by atoms with E-state index in [0.717, 1.165) is 22.8 Å². The van der Waals surface area contributed by atoms with Crippen LogP contribution in [0.4, 0.5) is 5.69 Å². The molecule has 1 aliphatic rings. The molecule has 2 aromatic heterocycles. The average Bonchev–Trinajstić information content (AvgIpc) is 3.56. The van der Waals surface area contributed by atoms with E-state index in [4.69, 9.17) is 4.98 Å². The van der Waals surface area contributed by atoms with E-state index in [2.05, 4.69) is 6.07 Å². The maximum Gasteiger partial charge on any atom is 0.281 e. The second-order valence-electron chi connectivity index (χ2n) is 8.51.